The van der Waals surface area contributed by atoms with Gasteiger partial charge in [-0.3, -0.25) is 14.2 Å². The Labute approximate surface area is 174 Å². The summed E-state index contributed by atoms with van der Waals surface area (Å²) in [6.07, 6.45) is 0.994. The van der Waals surface area contributed by atoms with E-state index in [-0.39, 0.29) is 44.1 Å². The molecule has 0 bridgehead atoms. The number of piperazine rings is 1. The Bertz CT molecular complexity index is 1050. The van der Waals surface area contributed by atoms with Crippen molar-refractivity contribution < 1.29 is 14.3 Å². The Morgan fingerprint density at radius 2 is 2.00 bits per heavy atom. The van der Waals surface area contributed by atoms with E-state index in [2.05, 4.69) is 11.1 Å². The summed E-state index contributed by atoms with van der Waals surface area (Å²) in [6, 6.07) is 8.36. The van der Waals surface area contributed by atoms with Crippen LogP contribution in [0.2, 0.25) is 0 Å². The topological polar surface area (TPSA) is 109 Å². The predicted octanol–water partition coefficient (Wildman–Crippen LogP) is 1.76. The number of carbonyl (C=O) groups is 2. The summed E-state index contributed by atoms with van der Waals surface area (Å²) in [4.78, 5) is 44.7. The Balaban J connectivity index is 1.63. The van der Waals surface area contributed by atoms with Crippen LogP contribution < -0.4 is 5.56 Å². The lowest BCUT2D eigenvalue weighted by atomic mass is 10.1. The van der Waals surface area contributed by atoms with Gasteiger partial charge < -0.3 is 14.5 Å². The number of ether oxygens (including phenoxy) is 1. The molecule has 3 rings (SSSR count). The lowest BCUT2D eigenvalue weighted by Gasteiger charge is -2.38. The van der Waals surface area contributed by atoms with Gasteiger partial charge in [0.2, 0.25) is 5.91 Å². The van der Waals surface area contributed by atoms with Gasteiger partial charge in [-0.2, -0.15) is 5.26 Å². The average Bonchev–Trinajstić information content (AvgIpc) is 2.71. The molecule has 2 amide bonds. The van der Waals surface area contributed by atoms with E-state index in [4.69, 9.17) is 4.74 Å². The van der Waals surface area contributed by atoms with E-state index in [9.17, 15) is 19.6 Å². The zero-order chi connectivity index (χ0) is 21.9. The van der Waals surface area contributed by atoms with Crippen molar-refractivity contribution in [1.82, 2.24) is 19.4 Å². The van der Waals surface area contributed by atoms with Crippen LogP contribution in [0.15, 0.2) is 35.4 Å². The molecule has 1 saturated heterocycles. The fourth-order valence-electron chi connectivity index (χ4n) is 3.31. The number of aromatic nitrogens is 2. The Hall–Kier alpha value is -3.41. The highest BCUT2D eigenvalue weighted by atomic mass is 16.6. The number of hydrogen-bond donors (Lipinski definition) is 0. The molecule has 0 aliphatic carbocycles. The number of rotatable bonds is 3. The molecular formula is C21H25N5O4. The van der Waals surface area contributed by atoms with E-state index in [1.54, 1.807) is 39.0 Å². The number of fused-ring (bicyclic) bond motifs is 1. The quantitative estimate of drug-likeness (QED) is 0.761. The first kappa shape index (κ1) is 21.3. The molecule has 30 heavy (non-hydrogen) atoms. The van der Waals surface area contributed by atoms with E-state index in [0.717, 1.165) is 0 Å². The van der Waals surface area contributed by atoms with Gasteiger partial charge in [0.05, 0.1) is 29.8 Å². The van der Waals surface area contributed by atoms with Gasteiger partial charge in [0.15, 0.2) is 0 Å². The molecule has 1 aromatic heterocycles. The molecule has 0 spiro atoms. The van der Waals surface area contributed by atoms with Crippen molar-refractivity contribution in [2.45, 2.75) is 45.4 Å². The molecule has 1 atom stereocenters. The van der Waals surface area contributed by atoms with Gasteiger partial charge in [-0.1, -0.05) is 12.1 Å². The Morgan fingerprint density at radius 3 is 2.70 bits per heavy atom. The highest BCUT2D eigenvalue weighted by Crippen LogP contribution is 2.16. The van der Waals surface area contributed by atoms with Crippen LogP contribution in [-0.2, 0) is 16.1 Å². The minimum absolute atomic E-state index is 0.0601. The second kappa shape index (κ2) is 8.53. The summed E-state index contributed by atoms with van der Waals surface area (Å²) >= 11 is 0. The van der Waals surface area contributed by atoms with Crippen LogP contribution in [0.5, 0.6) is 0 Å². The maximum atomic E-state index is 12.7. The second-order valence-electron chi connectivity index (χ2n) is 8.17. The maximum Gasteiger partial charge on any atom is 0.410 e. The van der Waals surface area contributed by atoms with Gasteiger partial charge in [0.25, 0.3) is 5.56 Å². The minimum Gasteiger partial charge on any atom is -0.444 e. The Morgan fingerprint density at radius 1 is 1.27 bits per heavy atom. The number of nitriles is 1. The third kappa shape index (κ3) is 4.76. The summed E-state index contributed by atoms with van der Waals surface area (Å²) in [5, 5.41) is 10.00. The van der Waals surface area contributed by atoms with Crippen molar-refractivity contribution in [3.8, 4) is 6.07 Å². The summed E-state index contributed by atoms with van der Waals surface area (Å²) in [6.45, 7) is 6.11. The number of hydrogen-bond acceptors (Lipinski definition) is 6. The summed E-state index contributed by atoms with van der Waals surface area (Å²) < 4.78 is 6.75. The van der Waals surface area contributed by atoms with Crippen molar-refractivity contribution in [3.05, 3.63) is 40.9 Å². The van der Waals surface area contributed by atoms with Crippen LogP contribution in [0.3, 0.4) is 0 Å². The number of para-hydroxylation sites is 1. The molecule has 2 aromatic rings. The zero-order valence-electron chi connectivity index (χ0n) is 17.4. The van der Waals surface area contributed by atoms with Crippen LogP contribution in [0.25, 0.3) is 10.9 Å². The molecular weight excluding hydrogens is 386 g/mol. The molecule has 1 aliphatic rings. The lowest BCUT2D eigenvalue weighted by molar-refractivity contribution is -0.134. The first-order chi connectivity index (χ1) is 14.2. The molecule has 1 fully saturated rings. The molecule has 9 nitrogen and oxygen atoms in total. The van der Waals surface area contributed by atoms with Gasteiger partial charge in [0.1, 0.15) is 11.6 Å². The smallest absolute Gasteiger partial charge is 0.410 e. The zero-order valence-corrected chi connectivity index (χ0v) is 17.4. The van der Waals surface area contributed by atoms with Crippen LogP contribution in [-0.4, -0.2) is 62.6 Å². The SMILES string of the molecule is CC(C)(C)OC(=O)N1CCN(C(=O)CCn2cnc3ccccc3c2=O)[C@H](C#N)C1. The standard InChI is InChI=1S/C21H25N5O4/c1-21(2,3)30-20(29)24-10-11-26(15(12-22)13-24)18(27)8-9-25-14-23-17-7-5-4-6-16(17)19(25)28/h4-7,14-15H,8-11,13H2,1-3H3/t15-/m1/s1. The summed E-state index contributed by atoms with van der Waals surface area (Å²) in [5.74, 6) is -0.245. The minimum atomic E-state index is -0.759. The van der Waals surface area contributed by atoms with Crippen molar-refractivity contribution in [2.24, 2.45) is 0 Å². The molecule has 1 aliphatic heterocycles. The van der Waals surface area contributed by atoms with E-state index in [0.29, 0.717) is 10.9 Å². The summed E-state index contributed by atoms with van der Waals surface area (Å²) in [5.41, 5.74) is -0.235. The number of amides is 2. The van der Waals surface area contributed by atoms with Gasteiger partial charge in [-0.25, -0.2) is 9.78 Å². The third-order valence-electron chi connectivity index (χ3n) is 4.80. The van der Waals surface area contributed by atoms with Gasteiger partial charge in [0, 0.05) is 26.1 Å². The van der Waals surface area contributed by atoms with Crippen LogP contribution in [0.4, 0.5) is 4.79 Å². The van der Waals surface area contributed by atoms with E-state index >= 15 is 0 Å². The number of aryl methyl sites for hydroxylation is 1. The van der Waals surface area contributed by atoms with Crippen LogP contribution in [0.1, 0.15) is 27.2 Å². The van der Waals surface area contributed by atoms with Gasteiger partial charge >= 0.3 is 6.09 Å². The van der Waals surface area contributed by atoms with Crippen molar-refractivity contribution in [1.29, 1.82) is 5.26 Å². The lowest BCUT2D eigenvalue weighted by Crippen LogP contribution is -2.56. The fraction of sp³-hybridized carbons (Fsp3) is 0.476. The van der Waals surface area contributed by atoms with Gasteiger partial charge in [-0.05, 0) is 32.9 Å². The predicted molar refractivity (Wildman–Crippen MR) is 110 cm³/mol. The van der Waals surface area contributed by atoms with E-state index in [1.807, 2.05) is 6.07 Å². The molecule has 0 saturated carbocycles. The summed E-state index contributed by atoms with van der Waals surface area (Å²) in [7, 11) is 0. The first-order valence-electron chi connectivity index (χ1n) is 9.81. The largest absolute Gasteiger partial charge is 0.444 e. The first-order valence-corrected chi connectivity index (χ1v) is 9.81. The number of carbonyl (C=O) groups excluding carboxylic acids is 2. The third-order valence-corrected chi connectivity index (χ3v) is 4.80. The molecule has 0 unspecified atom stereocenters. The van der Waals surface area contributed by atoms with Crippen molar-refractivity contribution in [2.75, 3.05) is 19.6 Å². The monoisotopic (exact) mass is 411 g/mol. The maximum absolute atomic E-state index is 12.7. The number of benzene rings is 1. The van der Waals surface area contributed by atoms with E-state index < -0.39 is 17.7 Å². The second-order valence-corrected chi connectivity index (χ2v) is 8.17. The van der Waals surface area contributed by atoms with Crippen LogP contribution in [0, 0.1) is 11.3 Å². The highest BCUT2D eigenvalue weighted by Gasteiger charge is 2.34. The van der Waals surface area contributed by atoms with Crippen molar-refractivity contribution >= 4 is 22.9 Å². The molecule has 158 valence electrons. The highest BCUT2D eigenvalue weighted by molar-refractivity contribution is 5.78. The average molecular weight is 411 g/mol. The molecule has 0 N–H and O–H groups in total. The van der Waals surface area contributed by atoms with Crippen molar-refractivity contribution in [3.63, 3.8) is 0 Å². The molecule has 1 aromatic carbocycles. The Kier molecular flexibility index (Phi) is 6.06. The fourth-order valence-corrected chi connectivity index (χ4v) is 3.31. The number of nitrogens with zero attached hydrogens (tertiary/aromatic N) is 5. The molecule has 2 heterocycles. The normalized spacial score (nSPS) is 16.9. The van der Waals surface area contributed by atoms with Crippen LogP contribution >= 0.6 is 0 Å². The molecule has 9 heteroatoms. The van der Waals surface area contributed by atoms with E-state index in [1.165, 1.54) is 20.7 Å². The van der Waals surface area contributed by atoms with Gasteiger partial charge in [-0.15, -0.1) is 0 Å². The molecule has 0 radical (unpaired) electrons.